The minimum Gasteiger partial charge on any atom is -0.456 e. The van der Waals surface area contributed by atoms with Crippen molar-refractivity contribution in [3.8, 4) is 0 Å². The monoisotopic (exact) mass is 477 g/mol. The van der Waals surface area contributed by atoms with E-state index in [0.29, 0.717) is 24.3 Å². The molecule has 5 aliphatic rings. The maximum absolute atomic E-state index is 13.4. The van der Waals surface area contributed by atoms with Gasteiger partial charge in [-0.1, -0.05) is 13.0 Å². The number of carbonyl (C=O) groups excluding carboxylic acids is 2. The standard InChI is InChI=1S/C27H35N5O3/c1-4-23-29-30-24-21-11-16(2)18(12-19(21)14-32(23)24)13-28-20-5-7-27(8-6-20)9-10-31(26(27)34)22-15-35-25(33)17(22)3/h11-12,20,23,28-29H,4-10,13-15H2,1-3H3. The third-order valence-corrected chi connectivity index (χ3v) is 8.94. The third-order valence-electron chi connectivity index (χ3n) is 8.94. The fourth-order valence-corrected chi connectivity index (χ4v) is 6.56. The molecule has 1 aromatic rings. The predicted molar refractivity (Wildman–Crippen MR) is 132 cm³/mol. The lowest BCUT2D eigenvalue weighted by Crippen LogP contribution is -2.42. The molecule has 1 saturated heterocycles. The first kappa shape index (κ1) is 22.6. The number of rotatable bonds is 5. The number of nitrogens with one attached hydrogen (secondary N) is 2. The van der Waals surface area contributed by atoms with Gasteiger partial charge >= 0.3 is 5.97 Å². The minimum atomic E-state index is -0.293. The number of amides is 1. The van der Waals surface area contributed by atoms with Crippen molar-refractivity contribution < 1.29 is 14.3 Å². The van der Waals surface area contributed by atoms with E-state index in [-0.39, 0.29) is 23.9 Å². The van der Waals surface area contributed by atoms with Crippen LogP contribution in [0.25, 0.3) is 0 Å². The Kier molecular flexibility index (Phi) is 5.40. The highest BCUT2D eigenvalue weighted by Gasteiger charge is 2.50. The molecule has 1 amide bonds. The molecule has 1 unspecified atom stereocenters. The Morgan fingerprint density at radius 1 is 1.20 bits per heavy atom. The van der Waals surface area contributed by atoms with Crippen LogP contribution in [0, 0.1) is 12.3 Å². The van der Waals surface area contributed by atoms with Crippen LogP contribution in [-0.2, 0) is 27.4 Å². The van der Waals surface area contributed by atoms with Crippen molar-refractivity contribution in [3.05, 3.63) is 45.7 Å². The lowest BCUT2D eigenvalue weighted by Gasteiger charge is -2.36. The van der Waals surface area contributed by atoms with Crippen molar-refractivity contribution in [1.29, 1.82) is 0 Å². The Bertz CT molecular complexity index is 1150. The van der Waals surface area contributed by atoms with Gasteiger partial charge in [-0.05, 0) is 75.1 Å². The first-order chi connectivity index (χ1) is 16.9. The first-order valence-corrected chi connectivity index (χ1v) is 13.0. The SMILES string of the molecule is CCC1NN=C2c3cc(C)c(CNC4CCC5(CC4)CCN(C4=C(C)C(=O)OC4)C5=O)cc3CN21. The van der Waals surface area contributed by atoms with Gasteiger partial charge in [0.25, 0.3) is 0 Å². The van der Waals surface area contributed by atoms with Gasteiger partial charge in [0.05, 0.1) is 16.7 Å². The molecule has 1 aliphatic carbocycles. The summed E-state index contributed by atoms with van der Waals surface area (Å²) < 4.78 is 5.15. The predicted octanol–water partition coefficient (Wildman–Crippen LogP) is 2.89. The van der Waals surface area contributed by atoms with Crippen molar-refractivity contribution in [3.63, 3.8) is 0 Å². The normalized spacial score (nSPS) is 29.6. The van der Waals surface area contributed by atoms with Crippen LogP contribution in [-0.4, -0.2) is 52.9 Å². The van der Waals surface area contributed by atoms with Crippen molar-refractivity contribution in [2.45, 2.75) is 84.6 Å². The molecule has 0 aromatic heterocycles. The molecule has 6 rings (SSSR count). The van der Waals surface area contributed by atoms with Crippen LogP contribution in [0.5, 0.6) is 0 Å². The van der Waals surface area contributed by atoms with Crippen molar-refractivity contribution >= 4 is 17.7 Å². The number of hydrazone groups is 1. The maximum atomic E-state index is 13.4. The summed E-state index contributed by atoms with van der Waals surface area (Å²) in [6.45, 7) is 8.85. The molecule has 4 heterocycles. The zero-order chi connectivity index (χ0) is 24.3. The summed E-state index contributed by atoms with van der Waals surface area (Å²) >= 11 is 0. The molecule has 1 spiro atoms. The van der Waals surface area contributed by atoms with Crippen LogP contribution >= 0.6 is 0 Å². The zero-order valence-electron chi connectivity index (χ0n) is 20.9. The fraction of sp³-hybridized carbons (Fsp3) is 0.593. The number of benzene rings is 1. The van der Waals surface area contributed by atoms with E-state index in [1.165, 1.54) is 22.3 Å². The number of carbonyl (C=O) groups is 2. The number of aryl methyl sites for hydroxylation is 1. The Morgan fingerprint density at radius 2 is 2.00 bits per heavy atom. The lowest BCUT2D eigenvalue weighted by molar-refractivity contribution is -0.138. The highest BCUT2D eigenvalue weighted by Crippen LogP contribution is 2.46. The molecular formula is C27H35N5O3. The molecule has 35 heavy (non-hydrogen) atoms. The van der Waals surface area contributed by atoms with Gasteiger partial charge in [0.2, 0.25) is 5.91 Å². The van der Waals surface area contributed by atoms with E-state index in [9.17, 15) is 9.59 Å². The molecule has 1 aromatic carbocycles. The molecule has 2 fully saturated rings. The van der Waals surface area contributed by atoms with Crippen LogP contribution in [0.15, 0.2) is 28.5 Å². The number of hydrogen-bond donors (Lipinski definition) is 2. The Hall–Kier alpha value is -2.87. The Morgan fingerprint density at radius 3 is 2.71 bits per heavy atom. The maximum Gasteiger partial charge on any atom is 0.336 e. The van der Waals surface area contributed by atoms with Gasteiger partial charge < -0.3 is 19.9 Å². The number of nitrogens with zero attached hydrogens (tertiary/aromatic N) is 3. The lowest BCUT2D eigenvalue weighted by atomic mass is 9.71. The Labute approximate surface area is 206 Å². The molecule has 2 N–H and O–H groups in total. The molecule has 8 heteroatoms. The van der Waals surface area contributed by atoms with Crippen LogP contribution in [0.4, 0.5) is 0 Å². The molecule has 0 radical (unpaired) electrons. The number of likely N-dealkylation sites (tertiary alicyclic amines) is 1. The molecule has 1 atom stereocenters. The van der Waals surface area contributed by atoms with Gasteiger partial charge in [-0.15, -0.1) is 0 Å². The quantitative estimate of drug-likeness (QED) is 0.635. The summed E-state index contributed by atoms with van der Waals surface area (Å²) in [6.07, 6.45) is 6.03. The third kappa shape index (κ3) is 3.56. The van der Waals surface area contributed by atoms with E-state index in [1.54, 1.807) is 6.92 Å². The van der Waals surface area contributed by atoms with Crippen LogP contribution < -0.4 is 10.7 Å². The van der Waals surface area contributed by atoms with Crippen molar-refractivity contribution in [2.24, 2.45) is 10.5 Å². The number of fused-ring (bicyclic) bond motifs is 3. The van der Waals surface area contributed by atoms with E-state index in [2.05, 4.69) is 46.7 Å². The van der Waals surface area contributed by atoms with Gasteiger partial charge in [-0.2, -0.15) is 5.10 Å². The molecule has 4 aliphatic heterocycles. The van der Waals surface area contributed by atoms with E-state index < -0.39 is 0 Å². The largest absolute Gasteiger partial charge is 0.456 e. The summed E-state index contributed by atoms with van der Waals surface area (Å²) in [5.41, 5.74) is 9.62. The van der Waals surface area contributed by atoms with Crippen LogP contribution in [0.2, 0.25) is 0 Å². The average molecular weight is 478 g/mol. The van der Waals surface area contributed by atoms with Gasteiger partial charge in [-0.25, -0.2) is 4.79 Å². The molecule has 186 valence electrons. The topological polar surface area (TPSA) is 86.3 Å². The summed E-state index contributed by atoms with van der Waals surface area (Å²) in [6, 6.07) is 5.07. The second-order valence-electron chi connectivity index (χ2n) is 10.8. The average Bonchev–Trinajstić information content (AvgIpc) is 3.59. The summed E-state index contributed by atoms with van der Waals surface area (Å²) in [5, 5.41) is 8.37. The van der Waals surface area contributed by atoms with Gasteiger partial charge in [0.1, 0.15) is 12.8 Å². The van der Waals surface area contributed by atoms with Crippen LogP contribution in [0.3, 0.4) is 0 Å². The van der Waals surface area contributed by atoms with Gasteiger partial charge in [0.15, 0.2) is 5.84 Å². The number of ether oxygens (including phenoxy) is 1. The molecule has 0 bridgehead atoms. The second kappa shape index (κ2) is 8.36. The summed E-state index contributed by atoms with van der Waals surface area (Å²) in [7, 11) is 0. The summed E-state index contributed by atoms with van der Waals surface area (Å²) in [5.74, 6) is 0.988. The van der Waals surface area contributed by atoms with Crippen molar-refractivity contribution in [1.82, 2.24) is 20.5 Å². The van der Waals surface area contributed by atoms with E-state index in [0.717, 1.165) is 63.1 Å². The number of cyclic esters (lactones) is 1. The number of hydrogen-bond acceptors (Lipinski definition) is 7. The second-order valence-corrected chi connectivity index (χ2v) is 10.8. The molecular weight excluding hydrogens is 442 g/mol. The highest BCUT2D eigenvalue weighted by atomic mass is 16.5. The number of esters is 1. The zero-order valence-corrected chi connectivity index (χ0v) is 20.9. The van der Waals surface area contributed by atoms with Crippen molar-refractivity contribution in [2.75, 3.05) is 13.2 Å². The molecule has 8 nitrogen and oxygen atoms in total. The fourth-order valence-electron chi connectivity index (χ4n) is 6.56. The summed E-state index contributed by atoms with van der Waals surface area (Å²) in [4.78, 5) is 29.3. The molecule has 1 saturated carbocycles. The van der Waals surface area contributed by atoms with E-state index in [1.807, 2.05) is 4.90 Å². The number of amidine groups is 1. The smallest absolute Gasteiger partial charge is 0.336 e. The van der Waals surface area contributed by atoms with Crippen LogP contribution in [0.1, 0.15) is 74.6 Å². The minimum absolute atomic E-state index is 0.196. The van der Waals surface area contributed by atoms with E-state index in [4.69, 9.17) is 4.74 Å². The van der Waals surface area contributed by atoms with E-state index >= 15 is 0 Å². The van der Waals surface area contributed by atoms with Gasteiger partial charge in [-0.3, -0.25) is 10.2 Å². The Balaban J connectivity index is 1.07. The van der Waals surface area contributed by atoms with Gasteiger partial charge in [0, 0.05) is 31.2 Å². The highest BCUT2D eigenvalue weighted by molar-refractivity contribution is 6.03. The first-order valence-electron chi connectivity index (χ1n) is 13.0.